The molecule has 1 saturated heterocycles. The number of likely N-dealkylation sites (tertiary alicyclic amines) is 1. The number of hydrogen-bond acceptors (Lipinski definition) is 3. The van der Waals surface area contributed by atoms with Crippen molar-refractivity contribution in [3.8, 4) is 0 Å². The maximum atomic E-state index is 12.0. The summed E-state index contributed by atoms with van der Waals surface area (Å²) in [5.41, 5.74) is -1.76. The third-order valence-corrected chi connectivity index (χ3v) is 3.99. The van der Waals surface area contributed by atoms with Crippen LogP contribution in [0, 0.1) is 0 Å². The van der Waals surface area contributed by atoms with Crippen LogP contribution < -0.4 is 5.32 Å². The van der Waals surface area contributed by atoms with Crippen molar-refractivity contribution in [3.05, 3.63) is 0 Å². The molecule has 0 bridgehead atoms. The van der Waals surface area contributed by atoms with Crippen LogP contribution in [-0.4, -0.2) is 46.1 Å². The fourth-order valence-electron chi connectivity index (χ4n) is 1.92. The summed E-state index contributed by atoms with van der Waals surface area (Å²) < 4.78 is 0. The van der Waals surface area contributed by atoms with Gasteiger partial charge >= 0.3 is 0 Å². The van der Waals surface area contributed by atoms with Crippen molar-refractivity contribution in [1.82, 2.24) is 10.2 Å². The molecule has 2 N–H and O–H groups in total. The molecule has 0 aromatic rings. The first-order valence-electron chi connectivity index (χ1n) is 6.95. The monoisotopic (exact) mass is 270 g/mol. The van der Waals surface area contributed by atoms with E-state index in [1.807, 2.05) is 0 Å². The van der Waals surface area contributed by atoms with Gasteiger partial charge in [-0.1, -0.05) is 6.42 Å². The van der Waals surface area contributed by atoms with Gasteiger partial charge in [0.2, 0.25) is 11.8 Å². The van der Waals surface area contributed by atoms with E-state index in [1.165, 1.54) is 0 Å². The Morgan fingerprint density at radius 3 is 2.47 bits per heavy atom. The number of amides is 2. The molecule has 5 nitrogen and oxygen atoms in total. The number of nitrogens with zero attached hydrogens (tertiary/aromatic N) is 1. The molecule has 0 aromatic heterocycles. The molecular formula is C14H26N2O3. The van der Waals surface area contributed by atoms with Crippen molar-refractivity contribution in [2.45, 2.75) is 64.5 Å². The Bertz CT molecular complexity index is 345. The number of nitrogens with one attached hydrogen (secondary N) is 1. The lowest BCUT2D eigenvalue weighted by Crippen LogP contribution is -2.59. The largest absolute Gasteiger partial charge is 0.388 e. The standard InChI is InChI=1S/C14H26N2O3/c1-13(2,14(3,4)19)15-11(17)10-16-9-7-5-6-8-12(16)18/h19H,5-10H2,1-4H3,(H,15,17). The van der Waals surface area contributed by atoms with E-state index in [1.54, 1.807) is 32.6 Å². The summed E-state index contributed by atoms with van der Waals surface area (Å²) in [4.78, 5) is 25.4. The van der Waals surface area contributed by atoms with Crippen molar-refractivity contribution in [2.24, 2.45) is 0 Å². The van der Waals surface area contributed by atoms with E-state index in [0.717, 1.165) is 19.3 Å². The smallest absolute Gasteiger partial charge is 0.240 e. The molecule has 0 atom stereocenters. The molecule has 1 fully saturated rings. The summed E-state index contributed by atoms with van der Waals surface area (Å²) >= 11 is 0. The van der Waals surface area contributed by atoms with Gasteiger partial charge in [0.25, 0.3) is 0 Å². The van der Waals surface area contributed by atoms with E-state index in [9.17, 15) is 14.7 Å². The highest BCUT2D eigenvalue weighted by atomic mass is 16.3. The molecular weight excluding hydrogens is 244 g/mol. The highest BCUT2D eigenvalue weighted by Gasteiger charge is 2.36. The lowest BCUT2D eigenvalue weighted by atomic mass is 9.86. The second-order valence-electron chi connectivity index (χ2n) is 6.36. The Balaban J connectivity index is 2.57. The van der Waals surface area contributed by atoms with Crippen LogP contribution in [-0.2, 0) is 9.59 Å². The average molecular weight is 270 g/mol. The summed E-state index contributed by atoms with van der Waals surface area (Å²) in [5.74, 6) is -0.170. The zero-order valence-electron chi connectivity index (χ0n) is 12.5. The van der Waals surface area contributed by atoms with Crippen LogP contribution in [0.1, 0.15) is 53.4 Å². The van der Waals surface area contributed by atoms with Crippen LogP contribution >= 0.6 is 0 Å². The van der Waals surface area contributed by atoms with E-state index in [4.69, 9.17) is 0 Å². The highest BCUT2D eigenvalue weighted by molar-refractivity contribution is 5.85. The van der Waals surface area contributed by atoms with Gasteiger partial charge in [-0.2, -0.15) is 0 Å². The number of aliphatic hydroxyl groups is 1. The molecule has 0 aliphatic carbocycles. The minimum atomic E-state index is -1.02. The molecule has 19 heavy (non-hydrogen) atoms. The Morgan fingerprint density at radius 1 is 1.26 bits per heavy atom. The van der Waals surface area contributed by atoms with Crippen LogP contribution in [0.25, 0.3) is 0 Å². The van der Waals surface area contributed by atoms with Crippen molar-refractivity contribution in [1.29, 1.82) is 0 Å². The Hall–Kier alpha value is -1.10. The topological polar surface area (TPSA) is 69.6 Å². The minimum Gasteiger partial charge on any atom is -0.388 e. The summed E-state index contributed by atoms with van der Waals surface area (Å²) in [6.45, 7) is 7.59. The van der Waals surface area contributed by atoms with Gasteiger partial charge in [-0.05, 0) is 40.5 Å². The van der Waals surface area contributed by atoms with E-state index in [-0.39, 0.29) is 18.4 Å². The van der Waals surface area contributed by atoms with Gasteiger partial charge in [0.05, 0.1) is 17.7 Å². The third kappa shape index (κ3) is 4.49. The van der Waals surface area contributed by atoms with E-state index < -0.39 is 11.1 Å². The maximum absolute atomic E-state index is 12.0. The van der Waals surface area contributed by atoms with Gasteiger partial charge in [0, 0.05) is 13.0 Å². The molecule has 110 valence electrons. The molecule has 5 heteroatoms. The van der Waals surface area contributed by atoms with Crippen molar-refractivity contribution in [2.75, 3.05) is 13.1 Å². The highest BCUT2D eigenvalue weighted by Crippen LogP contribution is 2.20. The summed E-state index contributed by atoms with van der Waals surface area (Å²) in [5, 5.41) is 12.8. The fourth-order valence-corrected chi connectivity index (χ4v) is 1.92. The Kier molecular flexibility index (Phi) is 4.96. The van der Waals surface area contributed by atoms with E-state index in [2.05, 4.69) is 5.32 Å². The summed E-state index contributed by atoms with van der Waals surface area (Å²) in [6.07, 6.45) is 3.43. The average Bonchev–Trinajstić information content (AvgIpc) is 2.42. The molecule has 2 amide bonds. The molecule has 1 heterocycles. The molecule has 1 aliphatic rings. The second kappa shape index (κ2) is 5.90. The molecule has 1 aliphatic heterocycles. The zero-order chi connectivity index (χ0) is 14.7. The lowest BCUT2D eigenvalue weighted by Gasteiger charge is -2.38. The van der Waals surface area contributed by atoms with Crippen molar-refractivity contribution >= 4 is 11.8 Å². The van der Waals surface area contributed by atoms with Gasteiger partial charge < -0.3 is 15.3 Å². The number of carbonyl (C=O) groups is 2. The SMILES string of the molecule is CC(C)(O)C(C)(C)NC(=O)CN1CCCCCC1=O. The van der Waals surface area contributed by atoms with Gasteiger partial charge in [-0.15, -0.1) is 0 Å². The van der Waals surface area contributed by atoms with Crippen LogP contribution in [0.15, 0.2) is 0 Å². The number of rotatable bonds is 4. The quantitative estimate of drug-likeness (QED) is 0.802. The lowest BCUT2D eigenvalue weighted by molar-refractivity contribution is -0.137. The zero-order valence-corrected chi connectivity index (χ0v) is 12.5. The van der Waals surface area contributed by atoms with Gasteiger partial charge in [-0.3, -0.25) is 9.59 Å². The van der Waals surface area contributed by atoms with Gasteiger partial charge in [0.1, 0.15) is 0 Å². The molecule has 1 rings (SSSR count). The first kappa shape index (κ1) is 16.0. The molecule has 0 radical (unpaired) electrons. The van der Waals surface area contributed by atoms with Crippen molar-refractivity contribution < 1.29 is 14.7 Å². The van der Waals surface area contributed by atoms with Crippen LogP contribution in [0.4, 0.5) is 0 Å². The third-order valence-electron chi connectivity index (χ3n) is 3.99. The Morgan fingerprint density at radius 2 is 1.89 bits per heavy atom. The first-order valence-corrected chi connectivity index (χ1v) is 6.95. The van der Waals surface area contributed by atoms with Gasteiger partial charge in [0.15, 0.2) is 0 Å². The fraction of sp³-hybridized carbons (Fsp3) is 0.857. The first-order chi connectivity index (χ1) is 8.63. The normalized spacial score (nSPS) is 18.2. The molecule has 0 saturated carbocycles. The summed E-state index contributed by atoms with van der Waals surface area (Å²) in [6, 6.07) is 0. The Labute approximate surface area is 115 Å². The summed E-state index contributed by atoms with van der Waals surface area (Å²) in [7, 11) is 0. The van der Waals surface area contributed by atoms with Gasteiger partial charge in [-0.25, -0.2) is 0 Å². The second-order valence-corrected chi connectivity index (χ2v) is 6.36. The molecule has 0 unspecified atom stereocenters. The van der Waals surface area contributed by atoms with Crippen LogP contribution in [0.2, 0.25) is 0 Å². The van der Waals surface area contributed by atoms with Crippen molar-refractivity contribution in [3.63, 3.8) is 0 Å². The van der Waals surface area contributed by atoms with E-state index >= 15 is 0 Å². The number of hydrogen-bond donors (Lipinski definition) is 2. The van der Waals surface area contributed by atoms with E-state index in [0.29, 0.717) is 13.0 Å². The maximum Gasteiger partial charge on any atom is 0.240 e. The van der Waals surface area contributed by atoms with Crippen LogP contribution in [0.5, 0.6) is 0 Å². The van der Waals surface area contributed by atoms with Crippen LogP contribution in [0.3, 0.4) is 0 Å². The molecule has 0 aromatic carbocycles. The number of carbonyl (C=O) groups excluding carboxylic acids is 2. The minimum absolute atomic E-state index is 0.0497. The predicted molar refractivity (Wildman–Crippen MR) is 73.6 cm³/mol. The predicted octanol–water partition coefficient (Wildman–Crippen LogP) is 1.05. The molecule has 0 spiro atoms.